The highest BCUT2D eigenvalue weighted by molar-refractivity contribution is 5.67. The molecule has 1 rings (SSSR count). The van der Waals surface area contributed by atoms with Crippen LogP contribution in [0, 0.1) is 0 Å². The molecule has 0 saturated carbocycles. The summed E-state index contributed by atoms with van der Waals surface area (Å²) < 4.78 is 5.22. The lowest BCUT2D eigenvalue weighted by atomic mass is 10.1. The van der Waals surface area contributed by atoms with E-state index in [1.807, 2.05) is 39.2 Å². The Bertz CT molecular complexity index is 380. The predicted octanol–water partition coefficient (Wildman–Crippen LogP) is 2.58. The molecule has 5 heteroatoms. The van der Waals surface area contributed by atoms with Crippen LogP contribution in [0.25, 0.3) is 0 Å². The second kappa shape index (κ2) is 6.61. The minimum Gasteiger partial charge on any atom is -0.444 e. The van der Waals surface area contributed by atoms with E-state index in [-0.39, 0.29) is 6.04 Å². The molecule has 1 heterocycles. The van der Waals surface area contributed by atoms with Gasteiger partial charge in [-0.05, 0) is 32.4 Å². The first kappa shape index (κ1) is 15.6. The van der Waals surface area contributed by atoms with Crippen molar-refractivity contribution in [3.05, 3.63) is 24.0 Å². The summed E-state index contributed by atoms with van der Waals surface area (Å²) in [4.78, 5) is 14.7. The van der Waals surface area contributed by atoms with Crippen molar-refractivity contribution < 1.29 is 9.53 Å². The SMILES string of the molecule is CC(C)NC(CNC(=O)OC(C)(C)C)c1cc[nH]c1. The van der Waals surface area contributed by atoms with E-state index in [4.69, 9.17) is 4.74 Å². The smallest absolute Gasteiger partial charge is 0.407 e. The van der Waals surface area contributed by atoms with Crippen molar-refractivity contribution in [1.82, 2.24) is 15.6 Å². The van der Waals surface area contributed by atoms with Gasteiger partial charge in [0, 0.05) is 25.0 Å². The van der Waals surface area contributed by atoms with Gasteiger partial charge in [0.15, 0.2) is 0 Å². The molecule has 0 aliphatic rings. The molecule has 0 spiro atoms. The zero-order valence-electron chi connectivity index (χ0n) is 12.4. The summed E-state index contributed by atoms with van der Waals surface area (Å²) in [7, 11) is 0. The number of hydrogen-bond acceptors (Lipinski definition) is 3. The zero-order valence-corrected chi connectivity index (χ0v) is 12.4. The predicted molar refractivity (Wildman–Crippen MR) is 76.0 cm³/mol. The van der Waals surface area contributed by atoms with Gasteiger partial charge in [0.25, 0.3) is 0 Å². The van der Waals surface area contributed by atoms with Crippen LogP contribution in [0.1, 0.15) is 46.2 Å². The van der Waals surface area contributed by atoms with Crippen LogP contribution in [0.15, 0.2) is 18.5 Å². The molecule has 0 aromatic carbocycles. The Morgan fingerprint density at radius 2 is 2.11 bits per heavy atom. The fraction of sp³-hybridized carbons (Fsp3) is 0.643. The second-order valence-electron chi connectivity index (χ2n) is 5.90. The first-order valence-electron chi connectivity index (χ1n) is 6.63. The molecule has 0 bridgehead atoms. The average molecular weight is 267 g/mol. The summed E-state index contributed by atoms with van der Waals surface area (Å²) in [6.07, 6.45) is 3.41. The van der Waals surface area contributed by atoms with E-state index >= 15 is 0 Å². The fourth-order valence-electron chi connectivity index (χ4n) is 1.73. The van der Waals surface area contributed by atoms with Gasteiger partial charge in [-0.25, -0.2) is 4.79 Å². The lowest BCUT2D eigenvalue weighted by molar-refractivity contribution is 0.0522. The number of rotatable bonds is 5. The van der Waals surface area contributed by atoms with Crippen LogP contribution < -0.4 is 10.6 Å². The molecule has 0 aliphatic carbocycles. The van der Waals surface area contributed by atoms with Crippen LogP contribution in [0.2, 0.25) is 0 Å². The topological polar surface area (TPSA) is 66.2 Å². The molecule has 1 atom stereocenters. The largest absolute Gasteiger partial charge is 0.444 e. The summed E-state index contributed by atoms with van der Waals surface area (Å²) in [5.74, 6) is 0. The number of aromatic amines is 1. The van der Waals surface area contributed by atoms with Crippen molar-refractivity contribution in [2.45, 2.75) is 52.3 Å². The molecule has 3 N–H and O–H groups in total. The van der Waals surface area contributed by atoms with Crippen LogP contribution in [-0.2, 0) is 4.74 Å². The lowest BCUT2D eigenvalue weighted by Gasteiger charge is -2.23. The quantitative estimate of drug-likeness (QED) is 0.768. The normalized spacial score (nSPS) is 13.4. The average Bonchev–Trinajstić information content (AvgIpc) is 2.74. The Morgan fingerprint density at radius 1 is 1.42 bits per heavy atom. The van der Waals surface area contributed by atoms with Crippen LogP contribution >= 0.6 is 0 Å². The van der Waals surface area contributed by atoms with Crippen molar-refractivity contribution in [3.8, 4) is 0 Å². The van der Waals surface area contributed by atoms with Gasteiger partial charge in [-0.2, -0.15) is 0 Å². The molecular weight excluding hydrogens is 242 g/mol. The molecule has 19 heavy (non-hydrogen) atoms. The second-order valence-corrected chi connectivity index (χ2v) is 5.90. The first-order valence-corrected chi connectivity index (χ1v) is 6.63. The molecule has 0 aliphatic heterocycles. The van der Waals surface area contributed by atoms with E-state index in [0.29, 0.717) is 12.6 Å². The van der Waals surface area contributed by atoms with Crippen LogP contribution in [0.3, 0.4) is 0 Å². The summed E-state index contributed by atoms with van der Waals surface area (Å²) in [6.45, 7) is 10.2. The van der Waals surface area contributed by atoms with E-state index in [9.17, 15) is 4.79 Å². The van der Waals surface area contributed by atoms with Gasteiger partial charge in [-0.15, -0.1) is 0 Å². The van der Waals surface area contributed by atoms with E-state index in [1.165, 1.54) is 0 Å². The van der Waals surface area contributed by atoms with E-state index in [1.54, 1.807) is 0 Å². The Balaban J connectivity index is 2.52. The molecule has 5 nitrogen and oxygen atoms in total. The Hall–Kier alpha value is -1.49. The highest BCUT2D eigenvalue weighted by atomic mass is 16.6. The van der Waals surface area contributed by atoms with Gasteiger partial charge in [0.2, 0.25) is 0 Å². The summed E-state index contributed by atoms with van der Waals surface area (Å²) >= 11 is 0. The highest BCUT2D eigenvalue weighted by Crippen LogP contribution is 2.12. The van der Waals surface area contributed by atoms with Crippen molar-refractivity contribution >= 4 is 6.09 Å². The third-order valence-electron chi connectivity index (χ3n) is 2.41. The minimum atomic E-state index is -0.473. The fourth-order valence-corrected chi connectivity index (χ4v) is 1.73. The van der Waals surface area contributed by atoms with Gasteiger partial charge in [0.1, 0.15) is 5.60 Å². The monoisotopic (exact) mass is 267 g/mol. The molecule has 0 radical (unpaired) electrons. The molecular formula is C14H25N3O2. The van der Waals surface area contributed by atoms with Crippen molar-refractivity contribution in [3.63, 3.8) is 0 Å². The number of carbonyl (C=O) groups excluding carboxylic acids is 1. The number of carbonyl (C=O) groups is 1. The Morgan fingerprint density at radius 3 is 2.58 bits per heavy atom. The van der Waals surface area contributed by atoms with E-state index in [0.717, 1.165) is 5.56 Å². The summed E-state index contributed by atoms with van der Waals surface area (Å²) in [6, 6.07) is 2.40. The van der Waals surface area contributed by atoms with Crippen LogP contribution in [0.4, 0.5) is 4.79 Å². The van der Waals surface area contributed by atoms with Gasteiger partial charge >= 0.3 is 6.09 Å². The maximum Gasteiger partial charge on any atom is 0.407 e. The molecule has 1 unspecified atom stereocenters. The Labute approximate surface area is 115 Å². The maximum absolute atomic E-state index is 11.6. The van der Waals surface area contributed by atoms with Crippen molar-refractivity contribution in [1.29, 1.82) is 0 Å². The lowest BCUT2D eigenvalue weighted by Crippen LogP contribution is -2.40. The van der Waals surface area contributed by atoms with Crippen molar-refractivity contribution in [2.24, 2.45) is 0 Å². The standard InChI is InChI=1S/C14H25N3O2/c1-10(2)17-12(11-6-7-15-8-11)9-16-13(18)19-14(3,4)5/h6-8,10,12,15,17H,9H2,1-5H3,(H,16,18). The van der Waals surface area contributed by atoms with E-state index in [2.05, 4.69) is 29.5 Å². The number of nitrogens with one attached hydrogen (secondary N) is 3. The molecule has 0 fully saturated rings. The first-order chi connectivity index (χ1) is 8.78. The molecule has 1 amide bonds. The molecule has 1 aromatic rings. The third kappa shape index (κ3) is 6.29. The zero-order chi connectivity index (χ0) is 14.5. The summed E-state index contributed by atoms with van der Waals surface area (Å²) in [5, 5.41) is 6.21. The van der Waals surface area contributed by atoms with Crippen LogP contribution in [-0.4, -0.2) is 29.3 Å². The number of ether oxygens (including phenoxy) is 1. The molecule has 1 aromatic heterocycles. The summed E-state index contributed by atoms with van der Waals surface area (Å²) in [5.41, 5.74) is 0.642. The van der Waals surface area contributed by atoms with E-state index < -0.39 is 11.7 Å². The maximum atomic E-state index is 11.6. The number of aromatic nitrogens is 1. The Kier molecular flexibility index (Phi) is 5.42. The van der Waals surface area contributed by atoms with Crippen LogP contribution in [0.5, 0.6) is 0 Å². The highest BCUT2D eigenvalue weighted by Gasteiger charge is 2.18. The third-order valence-corrected chi connectivity index (χ3v) is 2.41. The van der Waals surface area contributed by atoms with Gasteiger partial charge in [0.05, 0.1) is 6.04 Å². The molecule has 0 saturated heterocycles. The number of H-pyrrole nitrogens is 1. The number of hydrogen-bond donors (Lipinski definition) is 3. The van der Waals surface area contributed by atoms with Crippen molar-refractivity contribution in [2.75, 3.05) is 6.54 Å². The number of amides is 1. The van der Waals surface area contributed by atoms with Gasteiger partial charge in [-0.3, -0.25) is 0 Å². The van der Waals surface area contributed by atoms with Gasteiger partial charge < -0.3 is 20.4 Å². The number of alkyl carbamates (subject to hydrolysis) is 1. The molecule has 108 valence electrons. The minimum absolute atomic E-state index is 0.0683. The van der Waals surface area contributed by atoms with Gasteiger partial charge in [-0.1, -0.05) is 13.8 Å².